The number of hydrogen-bond donors (Lipinski definition) is 0. The summed E-state index contributed by atoms with van der Waals surface area (Å²) in [7, 11) is -4.43. The molecule has 0 aliphatic rings. The summed E-state index contributed by atoms with van der Waals surface area (Å²) < 4.78 is 96.0. The Morgan fingerprint density at radius 3 is 2.23 bits per heavy atom. The molecule has 0 spiro atoms. The van der Waals surface area contributed by atoms with Gasteiger partial charge in [-0.3, -0.25) is 4.57 Å². The van der Waals surface area contributed by atoms with E-state index >= 15 is 0 Å². The van der Waals surface area contributed by atoms with Crippen molar-refractivity contribution in [2.45, 2.75) is 11.9 Å². The molecule has 160 valence electrons. The largest absolute Gasteiger partial charge is 0.534 e. The van der Waals surface area contributed by atoms with E-state index in [1.54, 1.807) is 0 Å². The minimum atomic E-state index is -5.83. The smallest absolute Gasteiger partial charge is 0.481 e. The molecule has 0 fully saturated rings. The highest BCUT2D eigenvalue weighted by Crippen LogP contribution is 2.30. The van der Waals surface area contributed by atoms with Gasteiger partial charge >= 0.3 is 15.6 Å². The van der Waals surface area contributed by atoms with Crippen molar-refractivity contribution in [1.29, 1.82) is 0 Å². The van der Waals surface area contributed by atoms with E-state index in [-0.39, 0.29) is 11.5 Å². The van der Waals surface area contributed by atoms with Crippen molar-refractivity contribution in [3.63, 3.8) is 0 Å². The van der Waals surface area contributed by atoms with Crippen LogP contribution in [0.5, 0.6) is 11.6 Å². The first-order chi connectivity index (χ1) is 14.0. The summed E-state index contributed by atoms with van der Waals surface area (Å²) in [5.74, 6) is -0.228. The lowest BCUT2D eigenvalue weighted by molar-refractivity contribution is -0.0500. The zero-order valence-electron chi connectivity index (χ0n) is 15.0. The van der Waals surface area contributed by atoms with Gasteiger partial charge in [-0.1, -0.05) is 0 Å². The second-order valence-electron chi connectivity index (χ2n) is 5.73. The SMILES string of the molecule is COc1ccc(-c2nc(C(F)F)cn2-c2ccc(OS(=O)(=O)C(F)(F)F)cc2)cn1. The van der Waals surface area contributed by atoms with Crippen LogP contribution < -0.4 is 8.92 Å². The topological polar surface area (TPSA) is 83.3 Å². The summed E-state index contributed by atoms with van der Waals surface area (Å²) in [6.07, 6.45) is -0.483. The molecule has 0 atom stereocenters. The number of imidazole rings is 1. The van der Waals surface area contributed by atoms with Crippen molar-refractivity contribution in [2.75, 3.05) is 7.11 Å². The number of hydrogen-bond acceptors (Lipinski definition) is 6. The molecule has 0 radical (unpaired) electrons. The van der Waals surface area contributed by atoms with Crippen molar-refractivity contribution < 1.29 is 39.3 Å². The van der Waals surface area contributed by atoms with Crippen LogP contribution in [0.25, 0.3) is 17.1 Å². The molecule has 0 aliphatic carbocycles. The predicted octanol–water partition coefficient (Wildman–Crippen LogP) is 4.11. The van der Waals surface area contributed by atoms with Gasteiger partial charge in [0.1, 0.15) is 17.3 Å². The zero-order chi connectivity index (χ0) is 22.1. The third-order valence-electron chi connectivity index (χ3n) is 3.76. The van der Waals surface area contributed by atoms with Gasteiger partial charge in [-0.2, -0.15) is 21.6 Å². The Hall–Kier alpha value is -3.22. The fourth-order valence-corrected chi connectivity index (χ4v) is 2.83. The molecule has 3 rings (SSSR count). The van der Waals surface area contributed by atoms with Crippen LogP contribution in [0.3, 0.4) is 0 Å². The van der Waals surface area contributed by atoms with Gasteiger partial charge in [0, 0.05) is 29.7 Å². The van der Waals surface area contributed by atoms with E-state index in [2.05, 4.69) is 14.2 Å². The quantitative estimate of drug-likeness (QED) is 0.320. The minimum Gasteiger partial charge on any atom is -0.481 e. The van der Waals surface area contributed by atoms with Crippen LogP contribution in [-0.4, -0.2) is 35.6 Å². The second-order valence-corrected chi connectivity index (χ2v) is 7.26. The van der Waals surface area contributed by atoms with Crippen LogP contribution >= 0.6 is 0 Å². The molecule has 7 nitrogen and oxygen atoms in total. The standard InChI is InChI=1S/C17H12F5N3O4S/c1-28-14-7-2-10(8-23-14)16-24-13(15(18)19)9-25(16)11-3-5-12(6-4-11)29-30(26,27)17(20,21)22/h2-9,15H,1H3. The summed E-state index contributed by atoms with van der Waals surface area (Å²) in [6, 6.07) is 7.33. The summed E-state index contributed by atoms with van der Waals surface area (Å²) >= 11 is 0. The van der Waals surface area contributed by atoms with E-state index in [9.17, 15) is 30.4 Å². The van der Waals surface area contributed by atoms with Gasteiger partial charge in [0.25, 0.3) is 6.43 Å². The lowest BCUT2D eigenvalue weighted by Gasteiger charge is -2.11. The molecule has 2 heterocycles. The molecular formula is C17H12F5N3O4S. The van der Waals surface area contributed by atoms with Crippen LogP contribution in [-0.2, 0) is 10.1 Å². The van der Waals surface area contributed by atoms with Crippen LogP contribution in [0.1, 0.15) is 12.1 Å². The van der Waals surface area contributed by atoms with E-state index in [0.29, 0.717) is 11.4 Å². The second kappa shape index (κ2) is 7.89. The fraction of sp³-hybridized carbons (Fsp3) is 0.176. The minimum absolute atomic E-state index is 0.0806. The third kappa shape index (κ3) is 4.35. The lowest BCUT2D eigenvalue weighted by atomic mass is 10.2. The maximum atomic E-state index is 13.2. The van der Waals surface area contributed by atoms with Crippen LogP contribution in [0.2, 0.25) is 0 Å². The highest BCUT2D eigenvalue weighted by molar-refractivity contribution is 7.88. The molecule has 3 aromatic rings. The number of alkyl halides is 5. The van der Waals surface area contributed by atoms with Gasteiger partial charge in [0.15, 0.2) is 0 Å². The highest BCUT2D eigenvalue weighted by Gasteiger charge is 2.48. The Bertz CT molecular complexity index is 1130. The van der Waals surface area contributed by atoms with E-state index in [0.717, 1.165) is 18.3 Å². The first-order valence-electron chi connectivity index (χ1n) is 8.01. The Morgan fingerprint density at radius 1 is 1.07 bits per heavy atom. The maximum Gasteiger partial charge on any atom is 0.534 e. The Morgan fingerprint density at radius 2 is 1.73 bits per heavy atom. The van der Waals surface area contributed by atoms with Gasteiger partial charge in [0.05, 0.1) is 7.11 Å². The normalized spacial score (nSPS) is 12.2. The molecular weight excluding hydrogens is 437 g/mol. The molecule has 0 N–H and O–H groups in total. The fourth-order valence-electron chi connectivity index (χ4n) is 2.37. The molecule has 0 saturated heterocycles. The predicted molar refractivity (Wildman–Crippen MR) is 93.9 cm³/mol. The molecule has 0 amide bonds. The van der Waals surface area contributed by atoms with E-state index < -0.39 is 33.5 Å². The highest BCUT2D eigenvalue weighted by atomic mass is 32.2. The van der Waals surface area contributed by atoms with Gasteiger partial charge in [-0.05, 0) is 30.3 Å². The van der Waals surface area contributed by atoms with Crippen LogP contribution in [0.4, 0.5) is 22.0 Å². The number of halogens is 5. The van der Waals surface area contributed by atoms with Gasteiger partial charge < -0.3 is 8.92 Å². The third-order valence-corrected chi connectivity index (χ3v) is 4.73. The Balaban J connectivity index is 1.98. The molecule has 30 heavy (non-hydrogen) atoms. The molecule has 0 aliphatic heterocycles. The van der Waals surface area contributed by atoms with E-state index in [4.69, 9.17) is 4.74 Å². The Kier molecular flexibility index (Phi) is 5.65. The zero-order valence-corrected chi connectivity index (χ0v) is 15.8. The summed E-state index contributed by atoms with van der Waals surface area (Å²) in [5.41, 5.74) is -5.54. The molecule has 13 heteroatoms. The first-order valence-corrected chi connectivity index (χ1v) is 9.41. The van der Waals surface area contributed by atoms with Crippen molar-refractivity contribution in [3.05, 3.63) is 54.5 Å². The van der Waals surface area contributed by atoms with Crippen molar-refractivity contribution in [2.24, 2.45) is 0 Å². The number of ether oxygens (including phenoxy) is 1. The van der Waals surface area contributed by atoms with Crippen molar-refractivity contribution in [3.8, 4) is 28.7 Å². The molecule has 2 aromatic heterocycles. The van der Waals surface area contributed by atoms with Gasteiger partial charge in [-0.15, -0.1) is 0 Å². The van der Waals surface area contributed by atoms with Crippen molar-refractivity contribution in [1.82, 2.24) is 14.5 Å². The van der Waals surface area contributed by atoms with Crippen molar-refractivity contribution >= 4 is 10.1 Å². The monoisotopic (exact) mass is 449 g/mol. The average Bonchev–Trinajstić information content (AvgIpc) is 3.13. The number of pyridine rings is 1. The summed E-state index contributed by atoms with van der Waals surface area (Å²) in [4.78, 5) is 7.87. The number of nitrogens with zero attached hydrogens (tertiary/aromatic N) is 3. The van der Waals surface area contributed by atoms with E-state index in [1.165, 1.54) is 42.1 Å². The average molecular weight is 449 g/mol. The lowest BCUT2D eigenvalue weighted by Crippen LogP contribution is -2.28. The van der Waals surface area contributed by atoms with Gasteiger partial charge in [0.2, 0.25) is 5.88 Å². The summed E-state index contributed by atoms with van der Waals surface area (Å²) in [6.45, 7) is 0. The Labute approximate surface area is 166 Å². The molecule has 0 bridgehead atoms. The number of benzene rings is 1. The van der Waals surface area contributed by atoms with Crippen LogP contribution in [0, 0.1) is 0 Å². The maximum absolute atomic E-state index is 13.2. The van der Waals surface area contributed by atoms with E-state index in [1.807, 2.05) is 0 Å². The van der Waals surface area contributed by atoms with Gasteiger partial charge in [-0.25, -0.2) is 18.7 Å². The number of aromatic nitrogens is 3. The summed E-state index contributed by atoms with van der Waals surface area (Å²) in [5, 5.41) is 0. The number of rotatable bonds is 6. The molecule has 1 aromatic carbocycles. The van der Waals surface area contributed by atoms with Crippen LogP contribution in [0.15, 0.2) is 48.8 Å². The number of methoxy groups -OCH3 is 1. The first kappa shape index (κ1) is 21.5. The molecule has 0 unspecified atom stereocenters. The molecule has 0 saturated carbocycles.